The zero-order chi connectivity index (χ0) is 12.1. The Balaban J connectivity index is 1.72. The molecule has 1 saturated heterocycles. The van der Waals surface area contributed by atoms with Crippen LogP contribution in [0, 0.1) is 11.8 Å². The van der Waals surface area contributed by atoms with E-state index in [9.17, 15) is 4.39 Å². The van der Waals surface area contributed by atoms with E-state index >= 15 is 0 Å². The minimum Gasteiger partial charge on any atom is -0.378 e. The minimum atomic E-state index is 0.0814. The summed E-state index contributed by atoms with van der Waals surface area (Å²) in [7, 11) is 0. The van der Waals surface area contributed by atoms with Crippen LogP contribution in [0.5, 0.6) is 0 Å². The van der Waals surface area contributed by atoms with E-state index in [1.165, 1.54) is 32.1 Å². The van der Waals surface area contributed by atoms with Gasteiger partial charge in [0.25, 0.3) is 0 Å². The molecule has 17 heavy (non-hydrogen) atoms. The van der Waals surface area contributed by atoms with Gasteiger partial charge in [-0.1, -0.05) is 25.8 Å². The molecule has 3 atom stereocenters. The van der Waals surface area contributed by atoms with Crippen LogP contribution in [0.15, 0.2) is 11.9 Å². The molecule has 0 aromatic heterocycles. The quantitative estimate of drug-likeness (QED) is 0.696. The maximum Gasteiger partial charge on any atom is 0.0960 e. The lowest BCUT2D eigenvalue weighted by Gasteiger charge is -2.35. The number of unbranched alkanes of at least 4 members (excludes halogenated alkanes) is 1. The van der Waals surface area contributed by atoms with Gasteiger partial charge in [0.2, 0.25) is 0 Å². The van der Waals surface area contributed by atoms with Crippen LogP contribution >= 0.6 is 0 Å². The van der Waals surface area contributed by atoms with Crippen LogP contribution < -0.4 is 0 Å². The monoisotopic (exact) mass is 240 g/mol. The molecular formula is C15H25FO. The fourth-order valence-electron chi connectivity index (χ4n) is 3.08. The van der Waals surface area contributed by atoms with Gasteiger partial charge in [0, 0.05) is 6.61 Å². The van der Waals surface area contributed by atoms with Crippen LogP contribution in [0.3, 0.4) is 0 Å². The van der Waals surface area contributed by atoms with Crippen molar-refractivity contribution in [3.05, 3.63) is 11.9 Å². The second-order valence-electron chi connectivity index (χ2n) is 5.64. The second-order valence-corrected chi connectivity index (χ2v) is 5.64. The maximum atomic E-state index is 12.9. The normalized spacial score (nSPS) is 34.5. The summed E-state index contributed by atoms with van der Waals surface area (Å²) < 4.78 is 19.0. The molecule has 1 nitrogen and oxygen atoms in total. The number of allylic oxidation sites excluding steroid dienone is 2. The van der Waals surface area contributed by atoms with Gasteiger partial charge in [0.15, 0.2) is 0 Å². The van der Waals surface area contributed by atoms with Crippen molar-refractivity contribution in [1.82, 2.24) is 0 Å². The summed E-state index contributed by atoms with van der Waals surface area (Å²) in [6.45, 7) is 3.18. The molecule has 0 radical (unpaired) electrons. The Morgan fingerprint density at radius 2 is 2.24 bits per heavy atom. The summed E-state index contributed by atoms with van der Waals surface area (Å²) in [5.41, 5.74) is 0. The van der Waals surface area contributed by atoms with E-state index in [0.29, 0.717) is 18.4 Å². The number of halogens is 1. The van der Waals surface area contributed by atoms with E-state index < -0.39 is 0 Å². The highest BCUT2D eigenvalue weighted by atomic mass is 19.1. The number of hydrogen-bond donors (Lipinski definition) is 0. The van der Waals surface area contributed by atoms with Crippen LogP contribution in [0.2, 0.25) is 0 Å². The Morgan fingerprint density at radius 3 is 2.82 bits per heavy atom. The first-order valence-electron chi connectivity index (χ1n) is 7.25. The molecule has 1 fully saturated rings. The molecule has 0 aromatic carbocycles. The van der Waals surface area contributed by atoms with Crippen LogP contribution in [0.1, 0.15) is 58.3 Å². The smallest absolute Gasteiger partial charge is 0.0960 e. The molecule has 2 aliphatic rings. The maximum absolute atomic E-state index is 12.9. The van der Waals surface area contributed by atoms with Crippen LogP contribution in [0.25, 0.3) is 0 Å². The van der Waals surface area contributed by atoms with Gasteiger partial charge >= 0.3 is 0 Å². The summed E-state index contributed by atoms with van der Waals surface area (Å²) in [6.07, 6.45) is 11.1. The highest BCUT2D eigenvalue weighted by molar-refractivity contribution is 4.99. The average molecular weight is 240 g/mol. The largest absolute Gasteiger partial charge is 0.378 e. The molecular weight excluding hydrogens is 215 g/mol. The predicted octanol–water partition coefficient (Wildman–Crippen LogP) is 4.63. The van der Waals surface area contributed by atoms with Gasteiger partial charge in [-0.05, 0) is 50.4 Å². The standard InChI is InChI=1S/C15H25FO/c1-2-3-4-12-5-10-15(17-11-12)13-6-8-14(16)9-7-13/h8,12-13,15H,2-7,9-11H2,1H3. The molecule has 3 unspecified atom stereocenters. The van der Waals surface area contributed by atoms with Crippen molar-refractivity contribution < 1.29 is 9.13 Å². The molecule has 0 bridgehead atoms. The van der Waals surface area contributed by atoms with Crippen LogP contribution in [-0.4, -0.2) is 12.7 Å². The molecule has 1 heterocycles. The Labute approximate surface area is 104 Å². The number of rotatable bonds is 4. The van der Waals surface area contributed by atoms with Crippen molar-refractivity contribution in [2.75, 3.05) is 6.61 Å². The second kappa shape index (κ2) is 6.53. The predicted molar refractivity (Wildman–Crippen MR) is 68.5 cm³/mol. The number of hydrogen-bond acceptors (Lipinski definition) is 1. The van der Waals surface area contributed by atoms with Gasteiger partial charge in [-0.15, -0.1) is 0 Å². The van der Waals surface area contributed by atoms with E-state index in [2.05, 4.69) is 6.92 Å². The zero-order valence-electron chi connectivity index (χ0n) is 11.0. The summed E-state index contributed by atoms with van der Waals surface area (Å²) in [6, 6.07) is 0. The summed E-state index contributed by atoms with van der Waals surface area (Å²) in [5.74, 6) is 1.43. The Morgan fingerprint density at radius 1 is 1.35 bits per heavy atom. The first kappa shape index (κ1) is 13.1. The molecule has 0 aromatic rings. The van der Waals surface area contributed by atoms with Crippen molar-refractivity contribution in [3.63, 3.8) is 0 Å². The lowest BCUT2D eigenvalue weighted by atomic mass is 9.83. The van der Waals surface area contributed by atoms with E-state index in [1.54, 1.807) is 6.08 Å². The van der Waals surface area contributed by atoms with E-state index in [0.717, 1.165) is 25.4 Å². The molecule has 0 amide bonds. The first-order chi connectivity index (χ1) is 8.29. The van der Waals surface area contributed by atoms with Crippen molar-refractivity contribution in [2.24, 2.45) is 11.8 Å². The molecule has 0 spiro atoms. The molecule has 0 saturated carbocycles. The third-order valence-electron chi connectivity index (χ3n) is 4.29. The molecule has 1 aliphatic heterocycles. The molecule has 2 heteroatoms. The van der Waals surface area contributed by atoms with Crippen molar-refractivity contribution in [3.8, 4) is 0 Å². The van der Waals surface area contributed by atoms with Gasteiger partial charge in [-0.25, -0.2) is 4.39 Å². The van der Waals surface area contributed by atoms with Gasteiger partial charge in [0.1, 0.15) is 0 Å². The highest BCUT2D eigenvalue weighted by Crippen LogP contribution is 2.34. The first-order valence-corrected chi connectivity index (χ1v) is 7.25. The van der Waals surface area contributed by atoms with E-state index in [4.69, 9.17) is 4.74 Å². The number of ether oxygens (including phenoxy) is 1. The Bertz CT molecular complexity index is 254. The van der Waals surface area contributed by atoms with Gasteiger partial charge < -0.3 is 4.74 Å². The summed E-state index contributed by atoms with van der Waals surface area (Å²) >= 11 is 0. The molecule has 98 valence electrons. The fourth-order valence-corrected chi connectivity index (χ4v) is 3.08. The van der Waals surface area contributed by atoms with Crippen molar-refractivity contribution >= 4 is 0 Å². The molecule has 0 N–H and O–H groups in total. The topological polar surface area (TPSA) is 9.23 Å². The lowest BCUT2D eigenvalue weighted by molar-refractivity contribution is -0.0516. The van der Waals surface area contributed by atoms with Crippen LogP contribution in [0.4, 0.5) is 4.39 Å². The van der Waals surface area contributed by atoms with E-state index in [1.807, 2.05) is 0 Å². The third-order valence-corrected chi connectivity index (χ3v) is 4.29. The Kier molecular flexibility index (Phi) is 5.02. The van der Waals surface area contributed by atoms with Gasteiger partial charge in [0.05, 0.1) is 11.9 Å². The molecule has 2 rings (SSSR count). The summed E-state index contributed by atoms with van der Waals surface area (Å²) in [4.78, 5) is 0. The fraction of sp³-hybridized carbons (Fsp3) is 0.867. The average Bonchev–Trinajstić information content (AvgIpc) is 2.38. The summed E-state index contributed by atoms with van der Waals surface area (Å²) in [5, 5.41) is 0. The zero-order valence-corrected chi connectivity index (χ0v) is 11.0. The SMILES string of the molecule is CCCCC1CCC(C2CC=C(F)CC2)OC1. The van der Waals surface area contributed by atoms with Crippen LogP contribution in [-0.2, 0) is 4.74 Å². The van der Waals surface area contributed by atoms with Gasteiger partial charge in [-0.2, -0.15) is 0 Å². The highest BCUT2D eigenvalue weighted by Gasteiger charge is 2.29. The van der Waals surface area contributed by atoms with Gasteiger partial charge in [-0.3, -0.25) is 0 Å². The minimum absolute atomic E-state index is 0.0814. The third kappa shape index (κ3) is 3.80. The Hall–Kier alpha value is -0.370. The van der Waals surface area contributed by atoms with Crippen molar-refractivity contribution in [1.29, 1.82) is 0 Å². The van der Waals surface area contributed by atoms with Crippen molar-refractivity contribution in [2.45, 2.75) is 64.4 Å². The lowest BCUT2D eigenvalue weighted by Crippen LogP contribution is -2.32. The van der Waals surface area contributed by atoms with E-state index in [-0.39, 0.29) is 5.83 Å². The molecule has 1 aliphatic carbocycles.